The van der Waals surface area contributed by atoms with Crippen molar-refractivity contribution in [2.24, 2.45) is 0 Å². The molecule has 1 aliphatic heterocycles. The Balaban J connectivity index is 2.06. The normalized spacial score (nSPS) is 19.8. The van der Waals surface area contributed by atoms with Crippen LogP contribution in [0.1, 0.15) is 19.4 Å². The second-order valence-corrected chi connectivity index (χ2v) is 4.33. The van der Waals surface area contributed by atoms with E-state index in [2.05, 4.69) is 27.5 Å². The molecule has 1 fully saturated rings. The number of nitrogens with zero attached hydrogens (tertiary/aromatic N) is 3. The molecule has 0 saturated carbocycles. The topological polar surface area (TPSA) is 70.2 Å². The van der Waals surface area contributed by atoms with Gasteiger partial charge in [-0.25, -0.2) is 9.97 Å². The van der Waals surface area contributed by atoms with Gasteiger partial charge in [-0.2, -0.15) is 0 Å². The van der Waals surface area contributed by atoms with Gasteiger partial charge in [0.15, 0.2) is 0 Å². The van der Waals surface area contributed by atoms with Gasteiger partial charge in [0, 0.05) is 37.6 Å². The van der Waals surface area contributed by atoms with Crippen LogP contribution in [0.4, 0.5) is 5.95 Å². The third kappa shape index (κ3) is 2.76. The number of hydrogen-bond acceptors (Lipinski definition) is 5. The quantitative estimate of drug-likeness (QED) is 0.780. The average molecular weight is 249 g/mol. The molecule has 1 unspecified atom stereocenters. The van der Waals surface area contributed by atoms with Gasteiger partial charge in [0.2, 0.25) is 11.9 Å². The van der Waals surface area contributed by atoms with Crippen LogP contribution < -0.4 is 15.5 Å². The van der Waals surface area contributed by atoms with E-state index in [0.717, 1.165) is 25.2 Å². The predicted molar refractivity (Wildman–Crippen MR) is 69.2 cm³/mol. The van der Waals surface area contributed by atoms with Crippen LogP contribution >= 0.6 is 0 Å². The van der Waals surface area contributed by atoms with E-state index in [-0.39, 0.29) is 11.9 Å². The van der Waals surface area contributed by atoms with Crippen LogP contribution in [0.15, 0.2) is 12.4 Å². The third-order valence-electron chi connectivity index (χ3n) is 3.03. The highest BCUT2D eigenvalue weighted by Gasteiger charge is 2.26. The zero-order chi connectivity index (χ0) is 13.0. The minimum atomic E-state index is -0.210. The highest BCUT2D eigenvalue weighted by Crippen LogP contribution is 2.13. The summed E-state index contributed by atoms with van der Waals surface area (Å²) >= 11 is 0. The molecule has 0 spiro atoms. The number of hydrogen-bond donors (Lipinski definition) is 2. The van der Waals surface area contributed by atoms with Gasteiger partial charge in [-0.3, -0.25) is 4.79 Å². The number of amides is 1. The Morgan fingerprint density at radius 1 is 1.50 bits per heavy atom. The fourth-order valence-electron chi connectivity index (χ4n) is 1.91. The Kier molecular flexibility index (Phi) is 4.09. The van der Waals surface area contributed by atoms with Crippen LogP contribution in [0.5, 0.6) is 0 Å². The Bertz CT molecular complexity index is 405. The number of aromatic nitrogens is 2. The third-order valence-corrected chi connectivity index (χ3v) is 3.03. The van der Waals surface area contributed by atoms with E-state index in [0.29, 0.717) is 12.5 Å². The van der Waals surface area contributed by atoms with E-state index >= 15 is 0 Å². The first-order chi connectivity index (χ1) is 8.72. The van der Waals surface area contributed by atoms with E-state index in [1.807, 2.05) is 24.2 Å². The standard InChI is InChI=1S/C12H19N5O/c1-3-13-6-10-7-15-12(16-8-10)17-5-4-14-11(18)9(17)2/h7-9,13H,3-6H2,1-2H3,(H,14,18). The lowest BCUT2D eigenvalue weighted by atomic mass is 10.2. The number of rotatable bonds is 4. The van der Waals surface area contributed by atoms with Gasteiger partial charge in [0.05, 0.1) is 0 Å². The highest BCUT2D eigenvalue weighted by molar-refractivity contribution is 5.85. The van der Waals surface area contributed by atoms with E-state index in [1.54, 1.807) is 0 Å². The van der Waals surface area contributed by atoms with Crippen molar-refractivity contribution in [3.05, 3.63) is 18.0 Å². The van der Waals surface area contributed by atoms with Gasteiger partial charge >= 0.3 is 0 Å². The summed E-state index contributed by atoms with van der Waals surface area (Å²) in [5.74, 6) is 0.652. The second kappa shape index (κ2) is 5.77. The van der Waals surface area contributed by atoms with Gasteiger partial charge < -0.3 is 15.5 Å². The van der Waals surface area contributed by atoms with Gasteiger partial charge in [0.25, 0.3) is 0 Å². The minimum Gasteiger partial charge on any atom is -0.353 e. The van der Waals surface area contributed by atoms with Crippen molar-refractivity contribution in [3.63, 3.8) is 0 Å². The van der Waals surface area contributed by atoms with Crippen LogP contribution in [0.2, 0.25) is 0 Å². The zero-order valence-electron chi connectivity index (χ0n) is 10.8. The summed E-state index contributed by atoms with van der Waals surface area (Å²) in [6, 6.07) is -0.210. The maximum absolute atomic E-state index is 11.6. The van der Waals surface area contributed by atoms with Crippen molar-refractivity contribution < 1.29 is 4.79 Å². The van der Waals surface area contributed by atoms with E-state index in [9.17, 15) is 4.79 Å². The molecule has 0 aliphatic carbocycles. The molecule has 1 aromatic rings. The predicted octanol–water partition coefficient (Wildman–Crippen LogP) is -0.0892. The molecule has 1 aliphatic rings. The van der Waals surface area contributed by atoms with E-state index in [4.69, 9.17) is 0 Å². The number of anilines is 1. The molecule has 1 aromatic heterocycles. The zero-order valence-corrected chi connectivity index (χ0v) is 10.8. The number of piperazine rings is 1. The van der Waals surface area contributed by atoms with Crippen molar-refractivity contribution in [2.75, 3.05) is 24.5 Å². The lowest BCUT2D eigenvalue weighted by Crippen LogP contribution is -2.54. The summed E-state index contributed by atoms with van der Waals surface area (Å²) in [6.07, 6.45) is 3.62. The first kappa shape index (κ1) is 12.8. The largest absolute Gasteiger partial charge is 0.353 e. The van der Waals surface area contributed by atoms with Crippen molar-refractivity contribution in [2.45, 2.75) is 26.4 Å². The molecule has 18 heavy (non-hydrogen) atoms. The first-order valence-corrected chi connectivity index (χ1v) is 6.28. The summed E-state index contributed by atoms with van der Waals surface area (Å²) in [7, 11) is 0. The Morgan fingerprint density at radius 3 is 2.89 bits per heavy atom. The molecule has 2 rings (SSSR count). The lowest BCUT2D eigenvalue weighted by molar-refractivity contribution is -0.122. The summed E-state index contributed by atoms with van der Waals surface area (Å²) < 4.78 is 0. The summed E-state index contributed by atoms with van der Waals surface area (Å²) in [5.41, 5.74) is 1.05. The van der Waals surface area contributed by atoms with Crippen LogP contribution in [0, 0.1) is 0 Å². The Labute approximate surface area is 107 Å². The number of carbonyl (C=O) groups is 1. The fourth-order valence-corrected chi connectivity index (χ4v) is 1.91. The maximum Gasteiger partial charge on any atom is 0.242 e. The molecule has 0 radical (unpaired) electrons. The molecule has 6 nitrogen and oxygen atoms in total. The van der Waals surface area contributed by atoms with Crippen LogP contribution in [-0.4, -0.2) is 41.6 Å². The molecular formula is C12H19N5O. The van der Waals surface area contributed by atoms with Gasteiger partial charge in [-0.05, 0) is 13.5 Å². The van der Waals surface area contributed by atoms with Crippen molar-refractivity contribution in [1.82, 2.24) is 20.6 Å². The molecule has 6 heteroatoms. The van der Waals surface area contributed by atoms with Crippen molar-refractivity contribution in [3.8, 4) is 0 Å². The van der Waals surface area contributed by atoms with Gasteiger partial charge in [-0.15, -0.1) is 0 Å². The molecule has 1 saturated heterocycles. The Hall–Kier alpha value is -1.69. The van der Waals surface area contributed by atoms with Crippen LogP contribution in [0.25, 0.3) is 0 Å². The van der Waals surface area contributed by atoms with Gasteiger partial charge in [-0.1, -0.05) is 6.92 Å². The Morgan fingerprint density at radius 2 is 2.22 bits per heavy atom. The molecule has 2 N–H and O–H groups in total. The molecule has 1 amide bonds. The maximum atomic E-state index is 11.6. The van der Waals surface area contributed by atoms with E-state index < -0.39 is 0 Å². The lowest BCUT2D eigenvalue weighted by Gasteiger charge is -2.32. The fraction of sp³-hybridized carbons (Fsp3) is 0.583. The number of nitrogens with one attached hydrogen (secondary N) is 2. The minimum absolute atomic E-state index is 0.0292. The van der Waals surface area contributed by atoms with E-state index in [1.165, 1.54) is 0 Å². The van der Waals surface area contributed by atoms with Crippen molar-refractivity contribution in [1.29, 1.82) is 0 Å². The van der Waals surface area contributed by atoms with Crippen molar-refractivity contribution >= 4 is 11.9 Å². The smallest absolute Gasteiger partial charge is 0.242 e. The molecule has 0 bridgehead atoms. The van der Waals surface area contributed by atoms with Crippen LogP contribution in [-0.2, 0) is 11.3 Å². The SMILES string of the molecule is CCNCc1cnc(N2CCNC(=O)C2C)nc1. The summed E-state index contributed by atoms with van der Waals surface area (Å²) in [6.45, 7) is 7.01. The highest BCUT2D eigenvalue weighted by atomic mass is 16.2. The number of carbonyl (C=O) groups excluding carboxylic acids is 1. The average Bonchev–Trinajstić information content (AvgIpc) is 2.40. The molecule has 1 atom stereocenters. The molecule has 0 aromatic carbocycles. The summed E-state index contributed by atoms with van der Waals surface area (Å²) in [4.78, 5) is 22.2. The first-order valence-electron chi connectivity index (χ1n) is 6.28. The van der Waals surface area contributed by atoms with Gasteiger partial charge in [0.1, 0.15) is 6.04 Å². The molecule has 98 valence electrons. The molecule has 2 heterocycles. The summed E-state index contributed by atoms with van der Waals surface area (Å²) in [5, 5.41) is 6.05. The van der Waals surface area contributed by atoms with Crippen LogP contribution in [0.3, 0.4) is 0 Å². The monoisotopic (exact) mass is 249 g/mol. The second-order valence-electron chi connectivity index (χ2n) is 4.33. The molecular weight excluding hydrogens is 230 g/mol.